The summed E-state index contributed by atoms with van der Waals surface area (Å²) in [5, 5.41) is 3.51. The van der Waals surface area contributed by atoms with Crippen LogP contribution in [0.1, 0.15) is 12.0 Å². The number of urea groups is 1. The van der Waals surface area contributed by atoms with Crippen LogP contribution in [-0.4, -0.2) is 35.6 Å². The van der Waals surface area contributed by atoms with E-state index in [0.29, 0.717) is 30.5 Å². The standard InChI is InChI=1S/C18H19ClFN3O/c19-15-5-7-17(8-6-15)21-18(24)23-10-2-9-22(13-23)12-14-3-1-4-16(20)11-14/h1,3-8,11H,2,9-10,12-13H2,(H,21,24). The van der Waals surface area contributed by atoms with Crippen molar-refractivity contribution in [1.82, 2.24) is 9.80 Å². The molecule has 6 heteroatoms. The fraction of sp³-hybridized carbons (Fsp3) is 0.278. The third-order valence-corrected chi connectivity index (χ3v) is 4.20. The number of carbonyl (C=O) groups is 1. The molecule has 1 aliphatic heterocycles. The number of benzene rings is 2. The highest BCUT2D eigenvalue weighted by molar-refractivity contribution is 6.30. The van der Waals surface area contributed by atoms with Crippen LogP contribution in [0, 0.1) is 5.82 Å². The largest absolute Gasteiger partial charge is 0.322 e. The van der Waals surface area contributed by atoms with Gasteiger partial charge in [-0.05, 0) is 48.4 Å². The van der Waals surface area contributed by atoms with Crippen molar-refractivity contribution in [3.05, 3.63) is 64.9 Å². The summed E-state index contributed by atoms with van der Waals surface area (Å²) in [5.41, 5.74) is 1.63. The highest BCUT2D eigenvalue weighted by Gasteiger charge is 2.22. The molecule has 0 atom stereocenters. The van der Waals surface area contributed by atoms with E-state index >= 15 is 0 Å². The quantitative estimate of drug-likeness (QED) is 0.904. The molecule has 1 heterocycles. The lowest BCUT2D eigenvalue weighted by Gasteiger charge is -2.35. The minimum atomic E-state index is -0.234. The molecule has 2 aromatic carbocycles. The summed E-state index contributed by atoms with van der Waals surface area (Å²) in [5.74, 6) is -0.234. The number of carbonyl (C=O) groups excluding carboxylic acids is 1. The summed E-state index contributed by atoms with van der Waals surface area (Å²) in [6.45, 7) is 2.75. The van der Waals surface area contributed by atoms with Gasteiger partial charge in [-0.1, -0.05) is 23.7 Å². The van der Waals surface area contributed by atoms with Gasteiger partial charge < -0.3 is 10.2 Å². The molecule has 0 unspecified atom stereocenters. The van der Waals surface area contributed by atoms with Gasteiger partial charge in [-0.2, -0.15) is 0 Å². The smallest absolute Gasteiger partial charge is 0.311 e. The molecule has 1 aliphatic rings. The Hall–Kier alpha value is -2.11. The second-order valence-electron chi connectivity index (χ2n) is 5.88. The molecule has 1 fully saturated rings. The topological polar surface area (TPSA) is 35.6 Å². The molecule has 126 valence electrons. The van der Waals surface area contributed by atoms with Crippen molar-refractivity contribution in [3.8, 4) is 0 Å². The fourth-order valence-corrected chi connectivity index (χ4v) is 2.92. The number of hydrogen-bond acceptors (Lipinski definition) is 2. The van der Waals surface area contributed by atoms with Crippen LogP contribution in [-0.2, 0) is 6.54 Å². The van der Waals surface area contributed by atoms with Crippen LogP contribution < -0.4 is 5.32 Å². The Morgan fingerprint density at radius 2 is 1.96 bits per heavy atom. The summed E-state index contributed by atoms with van der Waals surface area (Å²) < 4.78 is 13.3. The van der Waals surface area contributed by atoms with Gasteiger partial charge in [-0.3, -0.25) is 4.90 Å². The van der Waals surface area contributed by atoms with Crippen molar-refractivity contribution in [2.45, 2.75) is 13.0 Å². The van der Waals surface area contributed by atoms with E-state index in [2.05, 4.69) is 10.2 Å². The van der Waals surface area contributed by atoms with Crippen LogP contribution in [0.5, 0.6) is 0 Å². The summed E-state index contributed by atoms with van der Waals surface area (Å²) >= 11 is 5.85. The third kappa shape index (κ3) is 4.46. The van der Waals surface area contributed by atoms with Gasteiger partial charge in [0.25, 0.3) is 0 Å². The average molecular weight is 348 g/mol. The van der Waals surface area contributed by atoms with Crippen molar-refractivity contribution in [3.63, 3.8) is 0 Å². The van der Waals surface area contributed by atoms with Crippen molar-refractivity contribution in [2.24, 2.45) is 0 Å². The highest BCUT2D eigenvalue weighted by atomic mass is 35.5. The number of halogens is 2. The lowest BCUT2D eigenvalue weighted by Crippen LogP contribution is -2.48. The maximum atomic E-state index is 13.3. The third-order valence-electron chi connectivity index (χ3n) is 3.95. The number of amides is 2. The van der Waals surface area contributed by atoms with Crippen LogP contribution in [0.15, 0.2) is 48.5 Å². The highest BCUT2D eigenvalue weighted by Crippen LogP contribution is 2.16. The van der Waals surface area contributed by atoms with Crippen molar-refractivity contribution >= 4 is 23.3 Å². The van der Waals surface area contributed by atoms with Crippen molar-refractivity contribution in [2.75, 3.05) is 25.1 Å². The SMILES string of the molecule is O=C(Nc1ccc(Cl)cc1)N1CCCN(Cc2cccc(F)c2)C1. The van der Waals surface area contributed by atoms with E-state index in [0.717, 1.165) is 18.5 Å². The molecule has 1 N–H and O–H groups in total. The summed E-state index contributed by atoms with van der Waals surface area (Å²) in [6, 6.07) is 13.5. The van der Waals surface area contributed by atoms with Crippen LogP contribution >= 0.6 is 11.6 Å². The predicted octanol–water partition coefficient (Wildman–Crippen LogP) is 4.18. The molecule has 0 radical (unpaired) electrons. The van der Waals surface area contributed by atoms with E-state index < -0.39 is 0 Å². The number of anilines is 1. The molecule has 0 aromatic heterocycles. The van der Waals surface area contributed by atoms with E-state index in [9.17, 15) is 9.18 Å². The maximum Gasteiger partial charge on any atom is 0.322 e. The predicted molar refractivity (Wildman–Crippen MR) is 93.5 cm³/mol. The first-order valence-corrected chi connectivity index (χ1v) is 8.26. The zero-order valence-electron chi connectivity index (χ0n) is 13.2. The van der Waals surface area contributed by atoms with E-state index in [1.807, 2.05) is 6.07 Å². The normalized spacial score (nSPS) is 15.3. The Bertz CT molecular complexity index is 708. The first-order valence-electron chi connectivity index (χ1n) is 7.88. The molecule has 0 spiro atoms. The summed E-state index contributed by atoms with van der Waals surface area (Å²) in [4.78, 5) is 16.3. The number of nitrogens with one attached hydrogen (secondary N) is 1. The Morgan fingerprint density at radius 3 is 2.71 bits per heavy atom. The van der Waals surface area contributed by atoms with Gasteiger partial charge in [0.2, 0.25) is 0 Å². The molecule has 24 heavy (non-hydrogen) atoms. The van der Waals surface area contributed by atoms with Crippen molar-refractivity contribution in [1.29, 1.82) is 0 Å². The molecule has 2 aromatic rings. The van der Waals surface area contributed by atoms with E-state index in [1.54, 1.807) is 35.2 Å². The monoisotopic (exact) mass is 347 g/mol. The number of hydrogen-bond donors (Lipinski definition) is 1. The van der Waals surface area contributed by atoms with Crippen LogP contribution in [0.3, 0.4) is 0 Å². The van der Waals surface area contributed by atoms with Crippen LogP contribution in [0.25, 0.3) is 0 Å². The second-order valence-corrected chi connectivity index (χ2v) is 6.31. The van der Waals surface area contributed by atoms with Crippen molar-refractivity contribution < 1.29 is 9.18 Å². The molecule has 4 nitrogen and oxygen atoms in total. The Kier molecular flexibility index (Phi) is 5.33. The number of rotatable bonds is 3. The number of nitrogens with zero attached hydrogens (tertiary/aromatic N) is 2. The summed E-state index contributed by atoms with van der Waals surface area (Å²) in [6.07, 6.45) is 0.892. The zero-order chi connectivity index (χ0) is 16.9. The van der Waals surface area contributed by atoms with Gasteiger partial charge in [0.05, 0.1) is 6.67 Å². The van der Waals surface area contributed by atoms with E-state index in [4.69, 9.17) is 11.6 Å². The molecule has 2 amide bonds. The van der Waals surface area contributed by atoms with E-state index in [-0.39, 0.29) is 11.8 Å². The Balaban J connectivity index is 1.58. The van der Waals surface area contributed by atoms with E-state index in [1.165, 1.54) is 12.1 Å². The molecule has 0 saturated carbocycles. The summed E-state index contributed by atoms with van der Waals surface area (Å²) in [7, 11) is 0. The fourth-order valence-electron chi connectivity index (χ4n) is 2.79. The van der Waals surface area contributed by atoms with Gasteiger partial charge in [-0.25, -0.2) is 9.18 Å². The van der Waals surface area contributed by atoms with Gasteiger partial charge >= 0.3 is 6.03 Å². The zero-order valence-corrected chi connectivity index (χ0v) is 14.0. The first-order chi connectivity index (χ1) is 11.6. The van der Waals surface area contributed by atoms with Crippen LogP contribution in [0.4, 0.5) is 14.9 Å². The molecule has 0 aliphatic carbocycles. The lowest BCUT2D eigenvalue weighted by molar-refractivity contribution is 0.105. The first kappa shape index (κ1) is 16.7. The average Bonchev–Trinajstić information content (AvgIpc) is 2.57. The van der Waals surface area contributed by atoms with Gasteiger partial charge in [-0.15, -0.1) is 0 Å². The minimum absolute atomic E-state index is 0.138. The molecule has 0 bridgehead atoms. The maximum absolute atomic E-state index is 13.3. The minimum Gasteiger partial charge on any atom is -0.311 e. The Labute approximate surface area is 145 Å². The lowest BCUT2D eigenvalue weighted by atomic mass is 10.2. The van der Waals surface area contributed by atoms with Gasteiger partial charge in [0.15, 0.2) is 0 Å². The molecule has 3 rings (SSSR count). The molecular formula is C18H19ClFN3O. The van der Waals surface area contributed by atoms with Gasteiger partial charge in [0, 0.05) is 30.3 Å². The van der Waals surface area contributed by atoms with Crippen LogP contribution in [0.2, 0.25) is 5.02 Å². The Morgan fingerprint density at radius 1 is 1.17 bits per heavy atom. The molecular weight excluding hydrogens is 329 g/mol. The molecule has 1 saturated heterocycles. The van der Waals surface area contributed by atoms with Gasteiger partial charge in [0.1, 0.15) is 5.82 Å². The second kappa shape index (κ2) is 7.64.